The summed E-state index contributed by atoms with van der Waals surface area (Å²) in [5.41, 5.74) is 1.51. The molecule has 16 heavy (non-hydrogen) atoms. The summed E-state index contributed by atoms with van der Waals surface area (Å²) in [5.74, 6) is -0.213. The SMILES string of the molecule is Cc1cc(C)nc(N2CC(=O)[N-]C2=O)n1.[K+]. The molecular weight excluding hydrogens is 235 g/mol. The Morgan fingerprint density at radius 1 is 1.25 bits per heavy atom. The van der Waals surface area contributed by atoms with Gasteiger partial charge in [0.25, 0.3) is 0 Å². The van der Waals surface area contributed by atoms with Crippen LogP contribution in [0.4, 0.5) is 10.7 Å². The van der Waals surface area contributed by atoms with Crippen molar-refractivity contribution in [3.8, 4) is 0 Å². The summed E-state index contributed by atoms with van der Waals surface area (Å²) in [6.45, 7) is 3.54. The fourth-order valence-corrected chi connectivity index (χ4v) is 1.39. The molecule has 0 atom stereocenters. The molecule has 1 saturated heterocycles. The molecule has 0 aliphatic carbocycles. The zero-order chi connectivity index (χ0) is 11.0. The average Bonchev–Trinajstić information content (AvgIpc) is 2.43. The van der Waals surface area contributed by atoms with E-state index in [0.717, 1.165) is 11.4 Å². The van der Waals surface area contributed by atoms with E-state index in [1.807, 2.05) is 0 Å². The van der Waals surface area contributed by atoms with Crippen LogP contribution in [-0.4, -0.2) is 28.5 Å². The fraction of sp³-hybridized carbons (Fsp3) is 0.333. The van der Waals surface area contributed by atoms with Gasteiger partial charge in [-0.05, 0) is 19.9 Å². The van der Waals surface area contributed by atoms with E-state index in [1.165, 1.54) is 4.90 Å². The molecule has 2 heterocycles. The van der Waals surface area contributed by atoms with Gasteiger partial charge in [0, 0.05) is 17.9 Å². The van der Waals surface area contributed by atoms with Crippen molar-refractivity contribution >= 4 is 17.9 Å². The van der Waals surface area contributed by atoms with Crippen LogP contribution >= 0.6 is 0 Å². The van der Waals surface area contributed by atoms with Crippen molar-refractivity contribution in [2.24, 2.45) is 0 Å². The number of carbonyl (C=O) groups excluding carboxylic acids is 2. The second kappa shape index (κ2) is 5.32. The van der Waals surface area contributed by atoms with Crippen LogP contribution in [-0.2, 0) is 4.79 Å². The monoisotopic (exact) mass is 244 g/mol. The quantitative estimate of drug-likeness (QED) is 0.420. The van der Waals surface area contributed by atoms with Gasteiger partial charge < -0.3 is 10.2 Å². The minimum absolute atomic E-state index is 0. The Morgan fingerprint density at radius 3 is 2.25 bits per heavy atom. The first kappa shape index (κ1) is 13.7. The van der Waals surface area contributed by atoms with Crippen molar-refractivity contribution in [1.29, 1.82) is 0 Å². The molecule has 0 N–H and O–H groups in total. The second-order valence-corrected chi connectivity index (χ2v) is 3.32. The van der Waals surface area contributed by atoms with Crippen LogP contribution in [0.25, 0.3) is 5.32 Å². The third kappa shape index (κ3) is 2.86. The van der Waals surface area contributed by atoms with Gasteiger partial charge in [-0.3, -0.25) is 9.59 Å². The Hall–Kier alpha value is -0.344. The van der Waals surface area contributed by atoms with Crippen LogP contribution in [0.1, 0.15) is 11.4 Å². The summed E-state index contributed by atoms with van der Waals surface area (Å²) >= 11 is 0. The number of carbonyl (C=O) groups is 2. The van der Waals surface area contributed by atoms with Crippen molar-refractivity contribution in [2.75, 3.05) is 11.4 Å². The minimum Gasteiger partial charge on any atom is -0.373 e. The van der Waals surface area contributed by atoms with Crippen molar-refractivity contribution in [1.82, 2.24) is 9.97 Å². The molecule has 6 nitrogen and oxygen atoms in total. The number of rotatable bonds is 1. The number of anilines is 1. The fourth-order valence-electron chi connectivity index (χ4n) is 1.39. The second-order valence-electron chi connectivity index (χ2n) is 3.32. The largest absolute Gasteiger partial charge is 1.00 e. The summed E-state index contributed by atoms with van der Waals surface area (Å²) in [5, 5.41) is 3.27. The average molecular weight is 244 g/mol. The van der Waals surface area contributed by atoms with Crippen LogP contribution in [0.3, 0.4) is 0 Å². The van der Waals surface area contributed by atoms with Gasteiger partial charge in [0.15, 0.2) is 6.03 Å². The van der Waals surface area contributed by atoms with E-state index in [0.29, 0.717) is 0 Å². The predicted molar refractivity (Wildman–Crippen MR) is 52.6 cm³/mol. The van der Waals surface area contributed by atoms with Crippen molar-refractivity contribution in [3.63, 3.8) is 0 Å². The molecule has 2 rings (SSSR count). The molecule has 1 aromatic rings. The molecule has 0 spiro atoms. The van der Waals surface area contributed by atoms with Crippen molar-refractivity contribution < 1.29 is 61.0 Å². The van der Waals surface area contributed by atoms with Crippen LogP contribution in [0.15, 0.2) is 6.07 Å². The molecule has 1 fully saturated rings. The number of amides is 3. The molecule has 1 aliphatic heterocycles. The van der Waals surface area contributed by atoms with E-state index in [-0.39, 0.29) is 63.9 Å². The normalized spacial score (nSPS) is 14.8. The predicted octanol–water partition coefficient (Wildman–Crippen LogP) is -2.06. The number of aromatic nitrogens is 2. The summed E-state index contributed by atoms with van der Waals surface area (Å²) in [7, 11) is 0. The standard InChI is InChI=1S/C9H10N4O2.K/c1-5-3-6(2)11-8(10-5)13-4-7(14)12-9(13)15;/h3H,4H2,1-2H3,(H,12,14,15);/q;+1/p-1. The number of imide groups is 1. The van der Waals surface area contributed by atoms with Crippen LogP contribution < -0.4 is 56.3 Å². The molecule has 0 saturated carbocycles. The number of urea groups is 1. The Balaban J connectivity index is 0.00000128. The first-order valence-corrected chi connectivity index (χ1v) is 4.44. The van der Waals surface area contributed by atoms with E-state index in [4.69, 9.17) is 0 Å². The Labute approximate surface area is 135 Å². The zero-order valence-electron chi connectivity index (χ0n) is 9.39. The number of aryl methyl sites for hydroxylation is 2. The first-order chi connectivity index (χ1) is 7.06. The summed E-state index contributed by atoms with van der Waals surface area (Å²) < 4.78 is 0. The summed E-state index contributed by atoms with van der Waals surface area (Å²) in [4.78, 5) is 31.5. The third-order valence-corrected chi connectivity index (χ3v) is 1.96. The smallest absolute Gasteiger partial charge is 0.373 e. The summed E-state index contributed by atoms with van der Waals surface area (Å²) in [6, 6.07) is 1.20. The third-order valence-electron chi connectivity index (χ3n) is 1.96. The molecule has 0 radical (unpaired) electrons. The number of hydrogen-bond acceptors (Lipinski definition) is 4. The van der Waals surface area contributed by atoms with Gasteiger partial charge in [-0.2, -0.15) is 0 Å². The van der Waals surface area contributed by atoms with E-state index in [1.54, 1.807) is 19.9 Å². The molecule has 1 aliphatic rings. The molecule has 7 heteroatoms. The van der Waals surface area contributed by atoms with E-state index >= 15 is 0 Å². The van der Waals surface area contributed by atoms with E-state index in [2.05, 4.69) is 15.3 Å². The van der Waals surface area contributed by atoms with Gasteiger partial charge in [0.1, 0.15) is 11.9 Å². The van der Waals surface area contributed by atoms with E-state index in [9.17, 15) is 9.59 Å². The maximum atomic E-state index is 11.3. The molecule has 3 amide bonds. The van der Waals surface area contributed by atoms with Crippen molar-refractivity contribution in [3.05, 3.63) is 22.8 Å². The van der Waals surface area contributed by atoms with Gasteiger partial charge in [-0.25, -0.2) is 9.97 Å². The Bertz CT molecular complexity index is 429. The van der Waals surface area contributed by atoms with Gasteiger partial charge >= 0.3 is 51.4 Å². The molecule has 0 unspecified atom stereocenters. The van der Waals surface area contributed by atoms with Crippen LogP contribution in [0.5, 0.6) is 0 Å². The first-order valence-electron chi connectivity index (χ1n) is 4.44. The van der Waals surface area contributed by atoms with Gasteiger partial charge in [0.2, 0.25) is 0 Å². The molecular formula is C9H9KN4O2. The Morgan fingerprint density at radius 2 is 1.81 bits per heavy atom. The Kier molecular flexibility index (Phi) is 4.57. The molecule has 0 bridgehead atoms. The zero-order valence-corrected chi connectivity index (χ0v) is 12.5. The van der Waals surface area contributed by atoms with Gasteiger partial charge in [-0.15, -0.1) is 0 Å². The van der Waals surface area contributed by atoms with E-state index < -0.39 is 11.9 Å². The van der Waals surface area contributed by atoms with Crippen LogP contribution in [0.2, 0.25) is 0 Å². The molecule has 78 valence electrons. The van der Waals surface area contributed by atoms with Crippen LogP contribution in [0, 0.1) is 13.8 Å². The van der Waals surface area contributed by atoms with Gasteiger partial charge in [-0.1, -0.05) is 0 Å². The summed E-state index contributed by atoms with van der Waals surface area (Å²) in [6.07, 6.45) is 0. The minimum atomic E-state index is -0.593. The topological polar surface area (TPSA) is 77.3 Å². The number of hydrogen-bond donors (Lipinski definition) is 0. The van der Waals surface area contributed by atoms with Crippen molar-refractivity contribution in [2.45, 2.75) is 13.8 Å². The maximum Gasteiger partial charge on any atom is 1.00 e. The number of nitrogens with zero attached hydrogens (tertiary/aromatic N) is 4. The maximum absolute atomic E-state index is 11.3. The van der Waals surface area contributed by atoms with Gasteiger partial charge in [0.05, 0.1) is 0 Å². The molecule has 0 aromatic carbocycles. The molecule has 1 aromatic heterocycles.